The summed E-state index contributed by atoms with van der Waals surface area (Å²) in [6, 6.07) is 1.71. The maximum absolute atomic E-state index is 12.1. The zero-order chi connectivity index (χ0) is 14.0. The number of carbonyl (C=O) groups excluding carboxylic acids is 1. The molecule has 0 radical (unpaired) electrons. The maximum Gasteiger partial charge on any atom is 0.306 e. The van der Waals surface area contributed by atoms with E-state index in [1.807, 2.05) is 6.20 Å². The number of nitrogens with one attached hydrogen (secondary N) is 1. The van der Waals surface area contributed by atoms with E-state index in [1.165, 1.54) is 0 Å². The van der Waals surface area contributed by atoms with Crippen LogP contribution in [0.2, 0.25) is 0 Å². The summed E-state index contributed by atoms with van der Waals surface area (Å²) in [7, 11) is 1.81. The first kappa shape index (κ1) is 14.1. The number of amides is 1. The topological polar surface area (TPSA) is 71.3 Å². The van der Waals surface area contributed by atoms with Crippen LogP contribution in [0, 0.1) is 5.92 Å². The number of aryl methyl sites for hydroxylation is 1. The fourth-order valence-corrected chi connectivity index (χ4v) is 3.08. The molecule has 0 aromatic carbocycles. The molecule has 1 aliphatic rings. The van der Waals surface area contributed by atoms with Crippen LogP contribution in [0.1, 0.15) is 36.2 Å². The molecule has 104 valence electrons. The number of hydrogen-bond acceptors (Lipinski definition) is 2. The van der Waals surface area contributed by atoms with Crippen LogP contribution in [-0.4, -0.2) is 27.6 Å². The number of halogens is 1. The van der Waals surface area contributed by atoms with Crippen LogP contribution in [0.15, 0.2) is 16.7 Å². The Hall–Kier alpha value is -1.30. The highest BCUT2D eigenvalue weighted by Crippen LogP contribution is 2.25. The first-order valence-corrected chi connectivity index (χ1v) is 7.12. The van der Waals surface area contributed by atoms with Crippen LogP contribution >= 0.6 is 15.9 Å². The summed E-state index contributed by atoms with van der Waals surface area (Å²) in [6.07, 6.45) is 4.74. The largest absolute Gasteiger partial charge is 0.481 e. The summed E-state index contributed by atoms with van der Waals surface area (Å²) < 4.78 is 2.60. The molecular formula is C13H17BrN2O3. The van der Waals surface area contributed by atoms with Gasteiger partial charge in [0.05, 0.1) is 5.92 Å². The van der Waals surface area contributed by atoms with Gasteiger partial charge in [-0.05, 0) is 41.3 Å². The summed E-state index contributed by atoms with van der Waals surface area (Å²) in [5.41, 5.74) is 0.573. The lowest BCUT2D eigenvalue weighted by atomic mass is 9.86. The third-order valence-electron chi connectivity index (χ3n) is 3.56. The molecule has 1 fully saturated rings. The van der Waals surface area contributed by atoms with Gasteiger partial charge in [-0.3, -0.25) is 9.59 Å². The molecule has 0 saturated heterocycles. The molecule has 2 unspecified atom stereocenters. The van der Waals surface area contributed by atoms with E-state index >= 15 is 0 Å². The number of aromatic nitrogens is 1. The summed E-state index contributed by atoms with van der Waals surface area (Å²) in [4.78, 5) is 23.1. The number of aliphatic carboxylic acids is 1. The molecular weight excluding hydrogens is 312 g/mol. The van der Waals surface area contributed by atoms with Crippen LogP contribution in [-0.2, 0) is 11.8 Å². The predicted molar refractivity (Wildman–Crippen MR) is 74.0 cm³/mol. The molecule has 1 aromatic heterocycles. The molecule has 0 spiro atoms. The fourth-order valence-electron chi connectivity index (χ4n) is 2.55. The lowest BCUT2D eigenvalue weighted by Gasteiger charge is -2.27. The van der Waals surface area contributed by atoms with Crippen molar-refractivity contribution in [1.82, 2.24) is 9.88 Å². The van der Waals surface area contributed by atoms with E-state index in [-0.39, 0.29) is 17.9 Å². The lowest BCUT2D eigenvalue weighted by molar-refractivity contribution is -0.143. The van der Waals surface area contributed by atoms with Gasteiger partial charge in [-0.15, -0.1) is 0 Å². The Balaban J connectivity index is 1.99. The van der Waals surface area contributed by atoms with Crippen molar-refractivity contribution < 1.29 is 14.7 Å². The molecule has 1 aromatic rings. The molecule has 1 heterocycles. The van der Waals surface area contributed by atoms with Gasteiger partial charge in [0, 0.05) is 23.8 Å². The first-order valence-electron chi connectivity index (χ1n) is 6.33. The van der Waals surface area contributed by atoms with E-state index in [1.54, 1.807) is 17.7 Å². The van der Waals surface area contributed by atoms with Crippen LogP contribution in [0.25, 0.3) is 0 Å². The van der Waals surface area contributed by atoms with E-state index in [9.17, 15) is 9.59 Å². The Morgan fingerprint density at radius 2 is 2.21 bits per heavy atom. The van der Waals surface area contributed by atoms with Gasteiger partial charge in [0.25, 0.3) is 5.91 Å². The highest BCUT2D eigenvalue weighted by atomic mass is 79.9. The Labute approximate surface area is 120 Å². The third-order valence-corrected chi connectivity index (χ3v) is 4.00. The zero-order valence-electron chi connectivity index (χ0n) is 10.7. The van der Waals surface area contributed by atoms with Gasteiger partial charge in [-0.1, -0.05) is 6.42 Å². The molecule has 1 saturated carbocycles. The van der Waals surface area contributed by atoms with Crippen LogP contribution in [0.5, 0.6) is 0 Å². The number of carboxylic acids is 1. The van der Waals surface area contributed by atoms with Crippen molar-refractivity contribution in [1.29, 1.82) is 0 Å². The smallest absolute Gasteiger partial charge is 0.306 e. The van der Waals surface area contributed by atoms with Crippen molar-refractivity contribution in [3.8, 4) is 0 Å². The molecule has 6 heteroatoms. The minimum Gasteiger partial charge on any atom is -0.481 e. The van der Waals surface area contributed by atoms with Gasteiger partial charge >= 0.3 is 5.97 Å². The number of carboxylic acid groups (broad SMARTS) is 1. The van der Waals surface area contributed by atoms with Gasteiger partial charge in [0.1, 0.15) is 5.69 Å². The van der Waals surface area contributed by atoms with Crippen molar-refractivity contribution in [3.05, 3.63) is 22.4 Å². The molecule has 2 rings (SSSR count). The highest BCUT2D eigenvalue weighted by molar-refractivity contribution is 9.10. The molecule has 2 N–H and O–H groups in total. The first-order chi connectivity index (χ1) is 8.97. The van der Waals surface area contributed by atoms with Crippen LogP contribution in [0.3, 0.4) is 0 Å². The molecule has 0 aliphatic heterocycles. The second-order valence-corrected chi connectivity index (χ2v) is 5.94. The minimum absolute atomic E-state index is 0.0453. The number of nitrogens with zero attached hydrogens (tertiary/aromatic N) is 1. The summed E-state index contributed by atoms with van der Waals surface area (Å²) in [5.74, 6) is -1.25. The minimum atomic E-state index is -0.763. The number of rotatable bonds is 3. The molecule has 2 atom stereocenters. The summed E-state index contributed by atoms with van der Waals surface area (Å²) in [5, 5.41) is 12.0. The molecule has 0 bridgehead atoms. The van der Waals surface area contributed by atoms with Crippen molar-refractivity contribution in [2.45, 2.75) is 31.7 Å². The Bertz CT molecular complexity index is 498. The maximum atomic E-state index is 12.1. The summed E-state index contributed by atoms with van der Waals surface area (Å²) >= 11 is 3.33. The zero-order valence-corrected chi connectivity index (χ0v) is 12.3. The van der Waals surface area contributed by atoms with Gasteiger partial charge < -0.3 is 15.0 Å². The van der Waals surface area contributed by atoms with E-state index in [0.29, 0.717) is 18.5 Å². The fraction of sp³-hybridized carbons (Fsp3) is 0.538. The molecule has 1 amide bonds. The normalized spacial score (nSPS) is 23.1. The standard InChI is InChI=1S/C13H17BrN2O3/c1-16-7-9(14)6-11(16)12(17)15-10-4-2-3-8(5-10)13(18)19/h6-8,10H,2-5H2,1H3,(H,15,17)(H,18,19). The molecule has 5 nitrogen and oxygen atoms in total. The number of carbonyl (C=O) groups is 2. The highest BCUT2D eigenvalue weighted by Gasteiger charge is 2.28. The van der Waals surface area contributed by atoms with Crippen LogP contribution < -0.4 is 5.32 Å². The van der Waals surface area contributed by atoms with Gasteiger partial charge in [-0.25, -0.2) is 0 Å². The van der Waals surface area contributed by atoms with Crippen molar-refractivity contribution in [2.24, 2.45) is 13.0 Å². The van der Waals surface area contributed by atoms with E-state index in [4.69, 9.17) is 5.11 Å². The quantitative estimate of drug-likeness (QED) is 0.893. The average molecular weight is 329 g/mol. The Morgan fingerprint density at radius 3 is 2.79 bits per heavy atom. The van der Waals surface area contributed by atoms with E-state index in [2.05, 4.69) is 21.2 Å². The lowest BCUT2D eigenvalue weighted by Crippen LogP contribution is -2.40. The third kappa shape index (κ3) is 3.37. The SMILES string of the molecule is Cn1cc(Br)cc1C(=O)NC1CCCC(C(=O)O)C1. The van der Waals surface area contributed by atoms with E-state index < -0.39 is 5.97 Å². The summed E-state index contributed by atoms with van der Waals surface area (Å²) in [6.45, 7) is 0. The second kappa shape index (κ2) is 5.77. The predicted octanol–water partition coefficient (Wildman–Crippen LogP) is 2.16. The second-order valence-electron chi connectivity index (χ2n) is 5.03. The van der Waals surface area contributed by atoms with Gasteiger partial charge in [0.15, 0.2) is 0 Å². The van der Waals surface area contributed by atoms with Crippen molar-refractivity contribution >= 4 is 27.8 Å². The monoisotopic (exact) mass is 328 g/mol. The van der Waals surface area contributed by atoms with Crippen LogP contribution in [0.4, 0.5) is 0 Å². The molecule has 1 aliphatic carbocycles. The molecule has 19 heavy (non-hydrogen) atoms. The number of hydrogen-bond donors (Lipinski definition) is 2. The van der Waals surface area contributed by atoms with E-state index in [0.717, 1.165) is 17.3 Å². The Morgan fingerprint density at radius 1 is 1.47 bits per heavy atom. The van der Waals surface area contributed by atoms with Gasteiger partial charge in [-0.2, -0.15) is 0 Å². The van der Waals surface area contributed by atoms with Crippen molar-refractivity contribution in [3.63, 3.8) is 0 Å². The Kier molecular flexibility index (Phi) is 4.29. The average Bonchev–Trinajstić information content (AvgIpc) is 2.69. The van der Waals surface area contributed by atoms with Crippen molar-refractivity contribution in [2.75, 3.05) is 0 Å². The van der Waals surface area contributed by atoms with Gasteiger partial charge in [0.2, 0.25) is 0 Å².